The number of aromatic nitrogens is 1. The van der Waals surface area contributed by atoms with Crippen molar-refractivity contribution in [1.82, 2.24) is 4.98 Å². The van der Waals surface area contributed by atoms with Gasteiger partial charge in [-0.3, -0.25) is 14.5 Å². The molecule has 0 spiro atoms. The number of hydrogen-bond donors (Lipinski definition) is 1. The van der Waals surface area contributed by atoms with Crippen LogP contribution in [0.15, 0.2) is 18.3 Å². The van der Waals surface area contributed by atoms with E-state index in [0.717, 1.165) is 0 Å². The van der Waals surface area contributed by atoms with Crippen molar-refractivity contribution in [3.63, 3.8) is 0 Å². The molecule has 0 aliphatic carbocycles. The molecule has 6 heteroatoms. The highest BCUT2D eigenvalue weighted by molar-refractivity contribution is 5.99. The van der Waals surface area contributed by atoms with Crippen molar-refractivity contribution in [3.8, 4) is 6.07 Å². The summed E-state index contributed by atoms with van der Waals surface area (Å²) in [6.45, 7) is 0.232. The molecule has 1 unspecified atom stereocenters. The first-order chi connectivity index (χ1) is 8.11. The summed E-state index contributed by atoms with van der Waals surface area (Å²) in [5.74, 6) is -0.776. The average molecular weight is 230 g/mol. The number of amides is 2. The Morgan fingerprint density at radius 3 is 3.00 bits per heavy atom. The highest BCUT2D eigenvalue weighted by atomic mass is 16.2. The fourth-order valence-corrected chi connectivity index (χ4v) is 1.76. The van der Waals surface area contributed by atoms with Gasteiger partial charge in [0.1, 0.15) is 5.82 Å². The Morgan fingerprint density at radius 2 is 2.41 bits per heavy atom. The molecular weight excluding hydrogens is 220 g/mol. The molecule has 1 aliphatic heterocycles. The van der Waals surface area contributed by atoms with Crippen molar-refractivity contribution in [2.75, 3.05) is 11.4 Å². The van der Waals surface area contributed by atoms with Crippen LogP contribution in [0.25, 0.3) is 0 Å². The van der Waals surface area contributed by atoms with Crippen molar-refractivity contribution in [1.29, 1.82) is 5.26 Å². The Bertz CT molecular complexity index is 520. The molecule has 2 amide bonds. The summed E-state index contributed by atoms with van der Waals surface area (Å²) in [4.78, 5) is 28.1. The van der Waals surface area contributed by atoms with Gasteiger partial charge in [0, 0.05) is 19.2 Å². The van der Waals surface area contributed by atoms with Crippen molar-refractivity contribution >= 4 is 17.6 Å². The lowest BCUT2D eigenvalue weighted by Gasteiger charge is -2.14. The normalized spacial score (nSPS) is 19.1. The van der Waals surface area contributed by atoms with Crippen LogP contribution in [-0.4, -0.2) is 23.3 Å². The molecule has 1 aromatic rings. The molecule has 2 rings (SSSR count). The van der Waals surface area contributed by atoms with Crippen LogP contribution in [0.1, 0.15) is 12.0 Å². The van der Waals surface area contributed by atoms with Gasteiger partial charge in [0.15, 0.2) is 0 Å². The molecule has 1 aromatic heterocycles. The van der Waals surface area contributed by atoms with Gasteiger partial charge in [0.05, 0.1) is 17.6 Å². The minimum Gasteiger partial charge on any atom is -0.369 e. The average Bonchev–Trinajstić information content (AvgIpc) is 2.72. The minimum atomic E-state index is -0.489. The van der Waals surface area contributed by atoms with Crippen LogP contribution in [0.5, 0.6) is 0 Å². The smallest absolute Gasteiger partial charge is 0.229 e. The van der Waals surface area contributed by atoms with Crippen LogP contribution in [0.2, 0.25) is 0 Å². The third kappa shape index (κ3) is 2.08. The maximum atomic E-state index is 11.7. The molecular formula is C11H10N4O2. The van der Waals surface area contributed by atoms with Crippen molar-refractivity contribution < 1.29 is 9.59 Å². The molecule has 1 fully saturated rings. The summed E-state index contributed by atoms with van der Waals surface area (Å²) >= 11 is 0. The molecule has 2 N–H and O–H groups in total. The topological polar surface area (TPSA) is 100 Å². The van der Waals surface area contributed by atoms with Crippen LogP contribution < -0.4 is 10.6 Å². The first kappa shape index (κ1) is 11.1. The van der Waals surface area contributed by atoms with E-state index >= 15 is 0 Å². The van der Waals surface area contributed by atoms with Gasteiger partial charge in [-0.1, -0.05) is 0 Å². The summed E-state index contributed by atoms with van der Waals surface area (Å²) in [5.41, 5.74) is 5.59. The third-order valence-electron chi connectivity index (χ3n) is 2.68. The number of anilines is 1. The largest absolute Gasteiger partial charge is 0.369 e. The van der Waals surface area contributed by atoms with Crippen molar-refractivity contribution in [2.24, 2.45) is 11.7 Å². The Hall–Kier alpha value is -2.42. The zero-order valence-electron chi connectivity index (χ0n) is 8.96. The van der Waals surface area contributed by atoms with Gasteiger partial charge in [0.25, 0.3) is 0 Å². The zero-order valence-corrected chi connectivity index (χ0v) is 8.96. The van der Waals surface area contributed by atoms with Gasteiger partial charge in [-0.05, 0) is 12.1 Å². The van der Waals surface area contributed by atoms with E-state index in [1.54, 1.807) is 6.07 Å². The maximum Gasteiger partial charge on any atom is 0.229 e. The zero-order chi connectivity index (χ0) is 12.4. The monoisotopic (exact) mass is 230 g/mol. The second-order valence-corrected chi connectivity index (χ2v) is 3.82. The maximum absolute atomic E-state index is 11.7. The predicted molar refractivity (Wildman–Crippen MR) is 58.6 cm³/mol. The van der Waals surface area contributed by atoms with E-state index in [0.29, 0.717) is 11.4 Å². The van der Waals surface area contributed by atoms with Crippen LogP contribution in [-0.2, 0) is 9.59 Å². The predicted octanol–water partition coefficient (Wildman–Crippen LogP) is -0.209. The molecule has 2 heterocycles. The quantitative estimate of drug-likeness (QED) is 0.759. The number of primary amides is 1. The number of carbonyl (C=O) groups is 2. The summed E-state index contributed by atoms with van der Waals surface area (Å²) in [6.07, 6.45) is 1.56. The molecule has 0 radical (unpaired) electrons. The standard InChI is InChI=1S/C11H10N4O2/c12-5-7-1-2-14-9(3-7)15-6-8(11(13)17)4-10(15)16/h1-3,8H,4,6H2,(H2,13,17). The lowest BCUT2D eigenvalue weighted by atomic mass is 10.1. The fraction of sp³-hybridized carbons (Fsp3) is 0.273. The van der Waals surface area contributed by atoms with Crippen LogP contribution in [0.4, 0.5) is 5.82 Å². The van der Waals surface area contributed by atoms with Gasteiger partial charge < -0.3 is 5.73 Å². The van der Waals surface area contributed by atoms with Gasteiger partial charge >= 0.3 is 0 Å². The number of pyridine rings is 1. The number of rotatable bonds is 2. The Morgan fingerprint density at radius 1 is 1.65 bits per heavy atom. The van der Waals surface area contributed by atoms with Crippen LogP contribution in [0, 0.1) is 17.2 Å². The van der Waals surface area contributed by atoms with Gasteiger partial charge in [-0.15, -0.1) is 0 Å². The number of nitriles is 1. The highest BCUT2D eigenvalue weighted by Crippen LogP contribution is 2.23. The van der Waals surface area contributed by atoms with E-state index in [2.05, 4.69) is 4.98 Å². The lowest BCUT2D eigenvalue weighted by molar-refractivity contribution is -0.123. The molecule has 0 bridgehead atoms. The van der Waals surface area contributed by atoms with Gasteiger partial charge in [0.2, 0.25) is 11.8 Å². The molecule has 0 saturated carbocycles. The Labute approximate surface area is 97.7 Å². The summed E-state index contributed by atoms with van der Waals surface area (Å²) in [5, 5.41) is 8.76. The van der Waals surface area contributed by atoms with Gasteiger partial charge in [-0.2, -0.15) is 5.26 Å². The van der Waals surface area contributed by atoms with E-state index < -0.39 is 11.8 Å². The Balaban J connectivity index is 2.26. The van der Waals surface area contributed by atoms with Crippen LogP contribution in [0.3, 0.4) is 0 Å². The van der Waals surface area contributed by atoms with Crippen LogP contribution >= 0.6 is 0 Å². The highest BCUT2D eigenvalue weighted by Gasteiger charge is 2.34. The number of hydrogen-bond acceptors (Lipinski definition) is 4. The van der Waals surface area contributed by atoms with E-state index in [9.17, 15) is 9.59 Å². The number of nitrogens with two attached hydrogens (primary N) is 1. The molecule has 0 aromatic carbocycles. The first-order valence-corrected chi connectivity index (χ1v) is 5.07. The second kappa shape index (κ2) is 4.22. The van der Waals surface area contributed by atoms with E-state index in [4.69, 9.17) is 11.0 Å². The molecule has 6 nitrogen and oxygen atoms in total. The summed E-state index contributed by atoms with van der Waals surface area (Å²) < 4.78 is 0. The Kier molecular flexibility index (Phi) is 2.75. The number of carbonyl (C=O) groups excluding carboxylic acids is 2. The SMILES string of the molecule is N#Cc1ccnc(N2CC(C(N)=O)CC2=O)c1. The molecule has 1 atom stereocenters. The molecule has 17 heavy (non-hydrogen) atoms. The minimum absolute atomic E-state index is 0.105. The van der Waals surface area contributed by atoms with Crippen molar-refractivity contribution in [3.05, 3.63) is 23.9 Å². The second-order valence-electron chi connectivity index (χ2n) is 3.82. The van der Waals surface area contributed by atoms with Gasteiger partial charge in [-0.25, -0.2) is 4.98 Å². The lowest BCUT2D eigenvalue weighted by Crippen LogP contribution is -2.28. The van der Waals surface area contributed by atoms with E-state index in [1.807, 2.05) is 6.07 Å². The van der Waals surface area contributed by atoms with E-state index in [1.165, 1.54) is 17.2 Å². The number of nitrogens with zero attached hydrogens (tertiary/aromatic N) is 3. The third-order valence-corrected chi connectivity index (χ3v) is 2.68. The molecule has 86 valence electrons. The summed E-state index contributed by atoms with van der Waals surface area (Å²) in [6, 6.07) is 5.04. The summed E-state index contributed by atoms with van der Waals surface area (Å²) in [7, 11) is 0. The fourth-order valence-electron chi connectivity index (χ4n) is 1.76. The van der Waals surface area contributed by atoms with E-state index in [-0.39, 0.29) is 18.9 Å². The molecule has 1 saturated heterocycles. The van der Waals surface area contributed by atoms with Crippen molar-refractivity contribution in [2.45, 2.75) is 6.42 Å². The first-order valence-electron chi connectivity index (χ1n) is 5.07. The molecule has 1 aliphatic rings.